The van der Waals surface area contributed by atoms with E-state index < -0.39 is 21.6 Å². The average Bonchev–Trinajstić information content (AvgIpc) is 2.43. The van der Waals surface area contributed by atoms with Crippen LogP contribution < -0.4 is 10.6 Å². The van der Waals surface area contributed by atoms with Gasteiger partial charge in [0.1, 0.15) is 11.3 Å². The number of carbonyl (C=O) groups is 1. The predicted molar refractivity (Wildman–Crippen MR) is 83.1 cm³/mol. The maximum Gasteiger partial charge on any atom is 0.305 e. The van der Waals surface area contributed by atoms with Crippen molar-refractivity contribution in [3.63, 3.8) is 0 Å². The van der Waals surface area contributed by atoms with Crippen LogP contribution in [0.3, 0.4) is 0 Å². The number of hydrogen-bond donors (Lipinski definition) is 2. The van der Waals surface area contributed by atoms with Gasteiger partial charge in [-0.2, -0.15) is 0 Å². The van der Waals surface area contributed by atoms with E-state index in [0.29, 0.717) is 31.0 Å². The Morgan fingerprint density at radius 2 is 2.14 bits per heavy atom. The molecule has 0 aromatic heterocycles. The second kappa shape index (κ2) is 8.35. The number of anilines is 1. The van der Waals surface area contributed by atoms with Gasteiger partial charge in [-0.3, -0.25) is 19.1 Å². The first-order chi connectivity index (χ1) is 9.97. The zero-order valence-electron chi connectivity index (χ0n) is 12.0. The molecular formula is C13H19N3O4S. The van der Waals surface area contributed by atoms with E-state index in [9.17, 15) is 19.1 Å². The van der Waals surface area contributed by atoms with Crippen molar-refractivity contribution in [2.75, 3.05) is 30.4 Å². The Morgan fingerprint density at radius 3 is 2.71 bits per heavy atom. The van der Waals surface area contributed by atoms with Crippen LogP contribution in [0.1, 0.15) is 23.7 Å². The van der Waals surface area contributed by atoms with E-state index in [1.807, 2.05) is 6.92 Å². The number of rotatable bonds is 8. The Labute approximate surface area is 125 Å². The van der Waals surface area contributed by atoms with Gasteiger partial charge in [0.05, 0.1) is 4.92 Å². The van der Waals surface area contributed by atoms with Gasteiger partial charge in [0, 0.05) is 35.9 Å². The first kappa shape index (κ1) is 17.1. The van der Waals surface area contributed by atoms with Crippen molar-refractivity contribution < 1.29 is 13.9 Å². The molecule has 116 valence electrons. The summed E-state index contributed by atoms with van der Waals surface area (Å²) >= 11 is 0. The third kappa shape index (κ3) is 5.14. The number of amides is 1. The molecule has 1 rings (SSSR count). The lowest BCUT2D eigenvalue weighted by Gasteiger charge is -2.09. The average molecular weight is 313 g/mol. The molecule has 0 saturated heterocycles. The van der Waals surface area contributed by atoms with Gasteiger partial charge in [0.2, 0.25) is 0 Å². The van der Waals surface area contributed by atoms with E-state index in [4.69, 9.17) is 0 Å². The Kier molecular flexibility index (Phi) is 6.80. The van der Waals surface area contributed by atoms with Crippen molar-refractivity contribution in [2.45, 2.75) is 13.3 Å². The largest absolute Gasteiger partial charge is 0.380 e. The molecule has 1 aromatic rings. The molecule has 0 aliphatic carbocycles. The lowest BCUT2D eigenvalue weighted by Crippen LogP contribution is -2.26. The van der Waals surface area contributed by atoms with Crippen LogP contribution in [0.5, 0.6) is 0 Å². The highest BCUT2D eigenvalue weighted by molar-refractivity contribution is 7.84. The van der Waals surface area contributed by atoms with Crippen LogP contribution in [-0.2, 0) is 10.8 Å². The first-order valence-corrected chi connectivity index (χ1v) is 8.29. The second-order valence-electron chi connectivity index (χ2n) is 4.38. The van der Waals surface area contributed by atoms with Gasteiger partial charge >= 0.3 is 5.69 Å². The Hall–Kier alpha value is -1.96. The van der Waals surface area contributed by atoms with Crippen LogP contribution in [0.4, 0.5) is 11.4 Å². The van der Waals surface area contributed by atoms with Crippen molar-refractivity contribution in [2.24, 2.45) is 0 Å². The molecule has 0 radical (unpaired) electrons. The minimum Gasteiger partial charge on any atom is -0.380 e. The van der Waals surface area contributed by atoms with E-state index in [1.165, 1.54) is 6.07 Å². The molecule has 0 heterocycles. The molecule has 1 aromatic carbocycles. The van der Waals surface area contributed by atoms with Gasteiger partial charge in [0.15, 0.2) is 0 Å². The fourth-order valence-electron chi connectivity index (χ4n) is 1.83. The van der Waals surface area contributed by atoms with Gasteiger partial charge in [-0.15, -0.1) is 0 Å². The molecule has 1 atom stereocenters. The molecule has 1 unspecified atom stereocenters. The van der Waals surface area contributed by atoms with Crippen molar-refractivity contribution >= 4 is 28.1 Å². The molecule has 0 saturated carbocycles. The van der Waals surface area contributed by atoms with Crippen molar-refractivity contribution in [3.8, 4) is 0 Å². The smallest absolute Gasteiger partial charge is 0.305 e. The van der Waals surface area contributed by atoms with Crippen molar-refractivity contribution in [3.05, 3.63) is 33.9 Å². The molecule has 0 bridgehead atoms. The number of hydrogen-bond acceptors (Lipinski definition) is 5. The molecule has 7 nitrogen and oxygen atoms in total. The Morgan fingerprint density at radius 1 is 1.43 bits per heavy atom. The highest BCUT2D eigenvalue weighted by Gasteiger charge is 2.23. The molecule has 21 heavy (non-hydrogen) atoms. The predicted octanol–water partition coefficient (Wildman–Crippen LogP) is 1.53. The van der Waals surface area contributed by atoms with Gasteiger partial charge in [-0.1, -0.05) is 6.07 Å². The maximum absolute atomic E-state index is 12.1. The Balaban J connectivity index is 2.85. The third-order valence-corrected chi connectivity index (χ3v) is 3.59. The number of nitrogens with zero attached hydrogens (tertiary/aromatic N) is 1. The second-order valence-corrected chi connectivity index (χ2v) is 5.93. The van der Waals surface area contributed by atoms with Crippen LogP contribution in [-0.4, -0.2) is 40.1 Å². The van der Waals surface area contributed by atoms with E-state index in [1.54, 1.807) is 18.4 Å². The monoisotopic (exact) mass is 313 g/mol. The van der Waals surface area contributed by atoms with Crippen molar-refractivity contribution in [1.82, 2.24) is 5.32 Å². The number of para-hydroxylation sites is 1. The minimum absolute atomic E-state index is 0.0241. The van der Waals surface area contributed by atoms with E-state index >= 15 is 0 Å². The van der Waals surface area contributed by atoms with Crippen molar-refractivity contribution in [1.29, 1.82) is 0 Å². The van der Waals surface area contributed by atoms with Gasteiger partial charge < -0.3 is 10.6 Å². The molecular weight excluding hydrogens is 294 g/mol. The summed E-state index contributed by atoms with van der Waals surface area (Å²) in [6, 6.07) is 4.59. The lowest BCUT2D eigenvalue weighted by molar-refractivity contribution is -0.384. The number of carbonyl (C=O) groups excluding carboxylic acids is 1. The highest BCUT2D eigenvalue weighted by atomic mass is 32.2. The molecule has 0 aliphatic heterocycles. The standard InChI is InChI=1S/C13H19N3O4S/c1-3-14-11-7-4-6-10(12(11)16(18)19)13(17)15-8-5-9-21(2)20/h4,6-7,14H,3,5,8-9H2,1-2H3,(H,15,17). The fourth-order valence-corrected chi connectivity index (χ4v) is 2.38. The summed E-state index contributed by atoms with van der Waals surface area (Å²) in [6.07, 6.45) is 2.15. The van der Waals surface area contributed by atoms with Crippen LogP contribution in [0, 0.1) is 10.1 Å². The molecule has 0 spiro atoms. The van der Waals surface area contributed by atoms with Gasteiger partial charge in [-0.25, -0.2) is 0 Å². The zero-order chi connectivity index (χ0) is 15.8. The molecule has 1 amide bonds. The van der Waals surface area contributed by atoms with E-state index in [-0.39, 0.29) is 11.3 Å². The summed E-state index contributed by atoms with van der Waals surface area (Å²) in [5, 5.41) is 16.7. The first-order valence-electron chi connectivity index (χ1n) is 6.56. The van der Waals surface area contributed by atoms with Crippen LogP contribution in [0.2, 0.25) is 0 Å². The topological polar surface area (TPSA) is 101 Å². The lowest BCUT2D eigenvalue weighted by atomic mass is 10.1. The summed E-state index contributed by atoms with van der Waals surface area (Å²) in [7, 11) is -0.912. The third-order valence-electron chi connectivity index (χ3n) is 2.72. The molecule has 8 heteroatoms. The fraction of sp³-hybridized carbons (Fsp3) is 0.462. The van der Waals surface area contributed by atoms with E-state index in [0.717, 1.165) is 0 Å². The Bertz CT molecular complexity index is 548. The summed E-state index contributed by atoms with van der Waals surface area (Å²) < 4.78 is 10.9. The summed E-state index contributed by atoms with van der Waals surface area (Å²) in [5.41, 5.74) is 0.122. The SMILES string of the molecule is CCNc1cccc(C(=O)NCCCS(C)=O)c1[N+](=O)[O-]. The van der Waals surface area contributed by atoms with Crippen LogP contribution in [0.15, 0.2) is 18.2 Å². The number of nitrogens with one attached hydrogen (secondary N) is 2. The number of benzene rings is 1. The number of nitro benzene ring substituents is 1. The van der Waals surface area contributed by atoms with Gasteiger partial charge in [-0.05, 0) is 25.5 Å². The quantitative estimate of drug-likeness (QED) is 0.430. The van der Waals surface area contributed by atoms with E-state index in [2.05, 4.69) is 10.6 Å². The molecule has 0 fully saturated rings. The normalized spacial score (nSPS) is 11.7. The van der Waals surface area contributed by atoms with Crippen LogP contribution in [0.25, 0.3) is 0 Å². The summed E-state index contributed by atoms with van der Waals surface area (Å²) in [6.45, 7) is 2.68. The molecule has 2 N–H and O–H groups in total. The highest BCUT2D eigenvalue weighted by Crippen LogP contribution is 2.28. The van der Waals surface area contributed by atoms with Gasteiger partial charge in [0.25, 0.3) is 5.91 Å². The van der Waals surface area contributed by atoms with Crippen LogP contribution >= 0.6 is 0 Å². The number of nitro groups is 1. The molecule has 0 aliphatic rings. The minimum atomic E-state index is -0.912. The maximum atomic E-state index is 12.1. The summed E-state index contributed by atoms with van der Waals surface area (Å²) in [4.78, 5) is 22.7. The summed E-state index contributed by atoms with van der Waals surface area (Å²) in [5.74, 6) is -0.0110. The zero-order valence-corrected chi connectivity index (χ0v) is 12.9.